The van der Waals surface area contributed by atoms with Gasteiger partial charge in [0.1, 0.15) is 0 Å². The van der Waals surface area contributed by atoms with E-state index >= 15 is 0 Å². The van der Waals surface area contributed by atoms with Gasteiger partial charge in [0.2, 0.25) is 0 Å². The summed E-state index contributed by atoms with van der Waals surface area (Å²) in [6.07, 6.45) is 2.13. The molecule has 4 nitrogen and oxygen atoms in total. The molecule has 6 atom stereocenters. The molecule has 28 heavy (non-hydrogen) atoms. The van der Waals surface area contributed by atoms with Crippen molar-refractivity contribution in [3.05, 3.63) is 35.9 Å². The second-order valence-corrected chi connectivity index (χ2v) is 10.2. The number of hydrogen-bond donors (Lipinski definition) is 0. The molecule has 4 heteroatoms. The number of benzene rings is 1. The fraction of sp³-hybridized carbons (Fsp3) is 0.750. The Morgan fingerprint density at radius 1 is 0.929 bits per heavy atom. The van der Waals surface area contributed by atoms with Gasteiger partial charge in [-0.05, 0) is 49.5 Å². The fourth-order valence-corrected chi connectivity index (χ4v) is 6.57. The van der Waals surface area contributed by atoms with Gasteiger partial charge in [-0.2, -0.15) is 0 Å². The second kappa shape index (κ2) is 6.80. The first-order valence-electron chi connectivity index (χ1n) is 10.6. The minimum atomic E-state index is -0.623. The highest BCUT2D eigenvalue weighted by Gasteiger charge is 2.70. The van der Waals surface area contributed by atoms with Gasteiger partial charge in [0, 0.05) is 19.6 Å². The van der Waals surface area contributed by atoms with Crippen LogP contribution in [0.3, 0.4) is 0 Å². The first-order valence-corrected chi connectivity index (χ1v) is 10.6. The lowest BCUT2D eigenvalue weighted by molar-refractivity contribution is -0.401. The number of rotatable bonds is 5. The van der Waals surface area contributed by atoms with Crippen LogP contribution in [0.4, 0.5) is 0 Å². The Labute approximate surface area is 169 Å². The molecule has 1 aromatic rings. The number of methoxy groups -OCH3 is 2. The predicted molar refractivity (Wildman–Crippen MR) is 109 cm³/mol. The molecule has 1 saturated heterocycles. The van der Waals surface area contributed by atoms with E-state index in [4.69, 9.17) is 18.9 Å². The van der Waals surface area contributed by atoms with E-state index in [2.05, 4.69) is 51.1 Å². The molecule has 1 heterocycles. The predicted octanol–water partition coefficient (Wildman–Crippen LogP) is 4.98. The smallest absolute Gasteiger partial charge is 0.166 e. The van der Waals surface area contributed by atoms with E-state index in [9.17, 15) is 0 Å². The summed E-state index contributed by atoms with van der Waals surface area (Å²) in [7, 11) is 3.44. The van der Waals surface area contributed by atoms with Gasteiger partial charge in [0.15, 0.2) is 12.1 Å². The Morgan fingerprint density at radius 3 is 2.14 bits per heavy atom. The van der Waals surface area contributed by atoms with Gasteiger partial charge in [-0.25, -0.2) is 0 Å². The molecular formula is C24H36O4. The van der Waals surface area contributed by atoms with E-state index in [0.29, 0.717) is 11.3 Å². The SMILES string of the molecule is COC(OC)[C@@H](c1ccccc1)[C@H]1OC(C)(C)O[C@@H]2C[C@@H]3C[C@@H](C3(C)C)[C@]12C. The molecule has 1 aliphatic heterocycles. The summed E-state index contributed by atoms with van der Waals surface area (Å²) in [4.78, 5) is 0. The van der Waals surface area contributed by atoms with Crippen molar-refractivity contribution in [1.29, 1.82) is 0 Å². The van der Waals surface area contributed by atoms with Gasteiger partial charge in [-0.1, -0.05) is 51.1 Å². The fourth-order valence-electron chi connectivity index (χ4n) is 6.57. The third-order valence-corrected chi connectivity index (χ3v) is 8.13. The molecule has 3 aliphatic carbocycles. The molecule has 4 aliphatic rings. The van der Waals surface area contributed by atoms with Crippen molar-refractivity contribution < 1.29 is 18.9 Å². The first kappa shape index (κ1) is 20.3. The van der Waals surface area contributed by atoms with Crippen LogP contribution in [0.2, 0.25) is 0 Å². The van der Waals surface area contributed by atoms with Crippen LogP contribution in [0, 0.1) is 22.7 Å². The molecule has 0 aromatic heterocycles. The Kier molecular flexibility index (Phi) is 4.94. The van der Waals surface area contributed by atoms with Gasteiger partial charge in [0.05, 0.1) is 18.1 Å². The lowest BCUT2D eigenvalue weighted by Crippen LogP contribution is -2.72. The van der Waals surface area contributed by atoms with Gasteiger partial charge < -0.3 is 18.9 Å². The molecule has 0 radical (unpaired) electrons. The van der Waals surface area contributed by atoms with Crippen molar-refractivity contribution in [2.24, 2.45) is 22.7 Å². The second-order valence-electron chi connectivity index (χ2n) is 10.2. The lowest BCUT2D eigenvalue weighted by atomic mass is 9.38. The lowest BCUT2D eigenvalue weighted by Gasteiger charge is -2.71. The summed E-state index contributed by atoms with van der Waals surface area (Å²) < 4.78 is 24.9. The van der Waals surface area contributed by atoms with Gasteiger partial charge in [0.25, 0.3) is 0 Å². The van der Waals surface area contributed by atoms with E-state index in [0.717, 1.165) is 12.3 Å². The van der Waals surface area contributed by atoms with Gasteiger partial charge >= 0.3 is 0 Å². The average molecular weight is 389 g/mol. The van der Waals surface area contributed by atoms with Gasteiger partial charge in [-0.3, -0.25) is 0 Å². The summed E-state index contributed by atoms with van der Waals surface area (Å²) >= 11 is 0. The summed E-state index contributed by atoms with van der Waals surface area (Å²) in [5.74, 6) is 0.646. The normalized spacial score (nSPS) is 39.1. The summed E-state index contributed by atoms with van der Waals surface area (Å²) in [6, 6.07) is 10.5. The van der Waals surface area contributed by atoms with Crippen LogP contribution >= 0.6 is 0 Å². The van der Waals surface area contributed by atoms with Crippen LogP contribution in [-0.4, -0.2) is 38.5 Å². The van der Waals surface area contributed by atoms with E-state index in [1.807, 2.05) is 13.8 Å². The molecule has 0 spiro atoms. The van der Waals surface area contributed by atoms with E-state index in [-0.39, 0.29) is 29.8 Å². The zero-order chi connectivity index (χ0) is 20.3. The monoisotopic (exact) mass is 388 g/mol. The molecule has 2 bridgehead atoms. The van der Waals surface area contributed by atoms with Crippen LogP contribution in [-0.2, 0) is 18.9 Å². The Bertz CT molecular complexity index is 696. The van der Waals surface area contributed by atoms with Crippen molar-refractivity contribution in [3.8, 4) is 0 Å². The molecule has 0 N–H and O–H groups in total. The third-order valence-electron chi connectivity index (χ3n) is 8.13. The van der Waals surface area contributed by atoms with Crippen molar-refractivity contribution in [2.75, 3.05) is 14.2 Å². The van der Waals surface area contributed by atoms with E-state index < -0.39 is 5.79 Å². The molecule has 0 amide bonds. The van der Waals surface area contributed by atoms with Crippen LogP contribution in [0.1, 0.15) is 58.9 Å². The van der Waals surface area contributed by atoms with Crippen molar-refractivity contribution in [2.45, 2.75) is 77.7 Å². The molecule has 3 saturated carbocycles. The Morgan fingerprint density at radius 2 is 1.57 bits per heavy atom. The molecule has 156 valence electrons. The maximum atomic E-state index is 6.75. The molecule has 0 unspecified atom stereocenters. The minimum Gasteiger partial charge on any atom is -0.355 e. The quantitative estimate of drug-likeness (QED) is 0.667. The largest absolute Gasteiger partial charge is 0.355 e. The highest BCUT2D eigenvalue weighted by molar-refractivity contribution is 5.26. The van der Waals surface area contributed by atoms with Crippen molar-refractivity contribution in [1.82, 2.24) is 0 Å². The third kappa shape index (κ3) is 2.87. The zero-order valence-electron chi connectivity index (χ0n) is 18.4. The first-order chi connectivity index (χ1) is 13.1. The molecule has 5 rings (SSSR count). The zero-order valence-corrected chi connectivity index (χ0v) is 18.4. The van der Waals surface area contributed by atoms with E-state index in [1.165, 1.54) is 12.0 Å². The highest BCUT2D eigenvalue weighted by Crippen LogP contribution is 2.70. The minimum absolute atomic E-state index is 0.0279. The van der Waals surface area contributed by atoms with Crippen LogP contribution in [0.25, 0.3) is 0 Å². The topological polar surface area (TPSA) is 36.9 Å². The molecule has 4 fully saturated rings. The standard InChI is InChI=1S/C24H36O4/c1-22(2)16-13-17(22)24(5)18(14-16)27-23(3,4)28-20(24)19(21(25-6)26-7)15-11-9-8-10-12-15/h8-12,16-21H,13-14H2,1-7H3/t16-,17-,18+,19-,20+,24-/m0/s1. The van der Waals surface area contributed by atoms with Crippen LogP contribution in [0.5, 0.6) is 0 Å². The molecular weight excluding hydrogens is 352 g/mol. The molecule has 1 aromatic carbocycles. The Balaban J connectivity index is 1.82. The number of ether oxygens (including phenoxy) is 4. The van der Waals surface area contributed by atoms with Crippen LogP contribution in [0.15, 0.2) is 30.3 Å². The highest BCUT2D eigenvalue weighted by atomic mass is 16.7. The van der Waals surface area contributed by atoms with Gasteiger partial charge in [-0.15, -0.1) is 0 Å². The van der Waals surface area contributed by atoms with Crippen molar-refractivity contribution >= 4 is 0 Å². The summed E-state index contributed by atoms with van der Waals surface area (Å²) in [5, 5.41) is 0. The Hall–Kier alpha value is -0.940. The summed E-state index contributed by atoms with van der Waals surface area (Å²) in [6.45, 7) is 11.3. The summed E-state index contributed by atoms with van der Waals surface area (Å²) in [5.41, 5.74) is 1.41. The van der Waals surface area contributed by atoms with E-state index in [1.54, 1.807) is 14.2 Å². The maximum Gasteiger partial charge on any atom is 0.166 e. The van der Waals surface area contributed by atoms with Crippen LogP contribution < -0.4 is 0 Å². The number of hydrogen-bond acceptors (Lipinski definition) is 4. The maximum absolute atomic E-state index is 6.75. The van der Waals surface area contributed by atoms with Crippen molar-refractivity contribution in [3.63, 3.8) is 0 Å². The average Bonchev–Trinajstić information content (AvgIpc) is 2.65.